The van der Waals surface area contributed by atoms with E-state index in [0.717, 1.165) is 35.8 Å². The Morgan fingerprint density at radius 1 is 1.02 bits per heavy atom. The van der Waals surface area contributed by atoms with Gasteiger partial charge in [-0.2, -0.15) is 0 Å². The van der Waals surface area contributed by atoms with E-state index >= 15 is 0 Å². The second-order valence-corrected chi connectivity index (χ2v) is 13.1. The Bertz CT molecular complexity index is 1850. The Morgan fingerprint density at radius 3 is 2.37 bits per heavy atom. The van der Waals surface area contributed by atoms with Gasteiger partial charge in [-0.05, 0) is 78.8 Å². The average molecular weight is 653 g/mol. The van der Waals surface area contributed by atoms with Gasteiger partial charge in [-0.3, -0.25) is 9.10 Å². The molecule has 1 aromatic heterocycles. The standard InChI is InChI=1S/C34H37FN2O8S/c1-21-17-22(5-12-26(21)34(39)42-3)20-44-16-15-43-14-13-37(46(4,40)41)29-19-30-28(18-27(29)23-6-7-23)31(33(38)36-2)32(45-30)24-8-10-25(35)11-9-24/h5,8-12,17-19,23H,6-7,13-16,20H2,1-4H3,(H,36,38). The van der Waals surface area contributed by atoms with Crippen molar-refractivity contribution in [3.05, 3.63) is 88.2 Å². The van der Waals surface area contributed by atoms with E-state index in [1.54, 1.807) is 18.2 Å². The zero-order valence-electron chi connectivity index (χ0n) is 26.2. The molecule has 244 valence electrons. The van der Waals surface area contributed by atoms with Crippen LogP contribution in [-0.2, 0) is 30.8 Å². The molecule has 4 aromatic rings. The number of aryl methyl sites for hydroxylation is 1. The summed E-state index contributed by atoms with van der Waals surface area (Å²) in [5.41, 5.74) is 4.65. The molecule has 1 saturated carbocycles. The van der Waals surface area contributed by atoms with Crippen LogP contribution in [0.5, 0.6) is 0 Å². The molecule has 0 aliphatic heterocycles. The van der Waals surface area contributed by atoms with Crippen molar-refractivity contribution in [1.82, 2.24) is 5.32 Å². The highest BCUT2D eigenvalue weighted by atomic mass is 32.2. The number of halogens is 1. The summed E-state index contributed by atoms with van der Waals surface area (Å²) in [6, 6.07) is 14.5. The molecular formula is C34H37FN2O8S. The highest BCUT2D eigenvalue weighted by Gasteiger charge is 2.33. The van der Waals surface area contributed by atoms with E-state index in [1.165, 1.54) is 42.7 Å². The van der Waals surface area contributed by atoms with Crippen molar-refractivity contribution in [2.75, 3.05) is 51.1 Å². The summed E-state index contributed by atoms with van der Waals surface area (Å²) in [6.07, 6.45) is 2.94. The third kappa shape index (κ3) is 7.41. The zero-order valence-corrected chi connectivity index (χ0v) is 27.0. The number of nitrogens with zero attached hydrogens (tertiary/aromatic N) is 1. The maximum Gasteiger partial charge on any atom is 0.338 e. The minimum absolute atomic E-state index is 0.0616. The van der Waals surface area contributed by atoms with Crippen molar-refractivity contribution in [2.24, 2.45) is 0 Å². The molecule has 0 radical (unpaired) electrons. The van der Waals surface area contributed by atoms with Gasteiger partial charge in [0.25, 0.3) is 5.91 Å². The number of esters is 1. The number of hydrogen-bond acceptors (Lipinski definition) is 8. The smallest absolute Gasteiger partial charge is 0.338 e. The zero-order chi connectivity index (χ0) is 33.0. The van der Waals surface area contributed by atoms with Gasteiger partial charge in [-0.25, -0.2) is 17.6 Å². The van der Waals surface area contributed by atoms with Crippen LogP contribution in [-0.4, -0.2) is 67.1 Å². The summed E-state index contributed by atoms with van der Waals surface area (Å²) in [6.45, 7) is 2.87. The molecule has 10 nitrogen and oxygen atoms in total. The van der Waals surface area contributed by atoms with E-state index in [-0.39, 0.29) is 44.0 Å². The number of furan rings is 1. The Labute approximate surface area is 267 Å². The molecule has 46 heavy (non-hydrogen) atoms. The van der Waals surface area contributed by atoms with Gasteiger partial charge in [-0.15, -0.1) is 0 Å². The number of anilines is 1. The van der Waals surface area contributed by atoms with Gasteiger partial charge in [0.2, 0.25) is 10.0 Å². The van der Waals surface area contributed by atoms with Gasteiger partial charge < -0.3 is 23.9 Å². The Kier molecular flexibility index (Phi) is 10.1. The van der Waals surface area contributed by atoms with Crippen LogP contribution in [0.3, 0.4) is 0 Å². The SMILES string of the molecule is CNC(=O)c1c(-c2ccc(F)cc2)oc2cc(N(CCOCCOCc3ccc(C(=O)OC)c(C)c3)S(C)(=O)=O)c(C3CC3)cc12. The first-order valence-electron chi connectivity index (χ1n) is 14.9. The maximum absolute atomic E-state index is 13.6. The molecule has 0 saturated heterocycles. The molecule has 12 heteroatoms. The summed E-state index contributed by atoms with van der Waals surface area (Å²) in [4.78, 5) is 24.8. The van der Waals surface area contributed by atoms with Crippen LogP contribution in [0.4, 0.5) is 10.1 Å². The van der Waals surface area contributed by atoms with E-state index in [9.17, 15) is 22.4 Å². The molecule has 1 N–H and O–H groups in total. The number of amides is 1. The first kappa shape index (κ1) is 33.1. The normalized spacial score (nSPS) is 13.2. The lowest BCUT2D eigenvalue weighted by Crippen LogP contribution is -2.34. The predicted octanol–water partition coefficient (Wildman–Crippen LogP) is 5.57. The van der Waals surface area contributed by atoms with E-state index in [2.05, 4.69) is 5.32 Å². The van der Waals surface area contributed by atoms with Gasteiger partial charge in [-0.1, -0.05) is 12.1 Å². The quantitative estimate of drug-likeness (QED) is 0.139. The molecular weight excluding hydrogens is 615 g/mol. The average Bonchev–Trinajstić information content (AvgIpc) is 3.81. The molecule has 0 bridgehead atoms. The van der Waals surface area contributed by atoms with Crippen molar-refractivity contribution in [3.8, 4) is 11.3 Å². The first-order valence-corrected chi connectivity index (χ1v) is 16.8. The lowest BCUT2D eigenvalue weighted by atomic mass is 10.0. The number of carbonyl (C=O) groups excluding carboxylic acids is 2. The molecule has 5 rings (SSSR count). The lowest BCUT2D eigenvalue weighted by molar-refractivity contribution is 0.0435. The molecule has 1 aliphatic rings. The fourth-order valence-corrected chi connectivity index (χ4v) is 6.34. The van der Waals surface area contributed by atoms with Gasteiger partial charge in [0.1, 0.15) is 17.2 Å². The van der Waals surface area contributed by atoms with Crippen LogP contribution in [0.1, 0.15) is 56.2 Å². The second kappa shape index (κ2) is 14.0. The molecule has 1 heterocycles. The van der Waals surface area contributed by atoms with Crippen LogP contribution >= 0.6 is 0 Å². The number of fused-ring (bicyclic) bond motifs is 1. The molecule has 0 atom stereocenters. The number of ether oxygens (including phenoxy) is 3. The van der Waals surface area contributed by atoms with Crippen LogP contribution < -0.4 is 9.62 Å². The number of carbonyl (C=O) groups is 2. The van der Waals surface area contributed by atoms with Crippen molar-refractivity contribution < 1.29 is 41.0 Å². The first-order chi connectivity index (χ1) is 22.0. The van der Waals surface area contributed by atoms with Crippen molar-refractivity contribution in [3.63, 3.8) is 0 Å². The monoisotopic (exact) mass is 652 g/mol. The summed E-state index contributed by atoms with van der Waals surface area (Å²) in [5.74, 6) is -0.754. The van der Waals surface area contributed by atoms with Gasteiger partial charge in [0.05, 0.1) is 63.2 Å². The largest absolute Gasteiger partial charge is 0.465 e. The molecule has 1 fully saturated rings. The van der Waals surface area contributed by atoms with Crippen molar-refractivity contribution in [1.29, 1.82) is 0 Å². The molecule has 1 aliphatic carbocycles. The Balaban J connectivity index is 1.30. The fraction of sp³-hybridized carbons (Fsp3) is 0.353. The number of sulfonamides is 1. The molecule has 0 unspecified atom stereocenters. The third-order valence-electron chi connectivity index (χ3n) is 7.86. The molecule has 0 spiro atoms. The van der Waals surface area contributed by atoms with E-state index in [1.807, 2.05) is 19.1 Å². The number of methoxy groups -OCH3 is 1. The van der Waals surface area contributed by atoms with Gasteiger partial charge >= 0.3 is 5.97 Å². The lowest BCUT2D eigenvalue weighted by Gasteiger charge is -2.25. The number of hydrogen-bond donors (Lipinski definition) is 1. The highest BCUT2D eigenvalue weighted by molar-refractivity contribution is 7.92. The number of benzene rings is 3. The molecule has 3 aromatic carbocycles. The summed E-state index contributed by atoms with van der Waals surface area (Å²) >= 11 is 0. The van der Waals surface area contributed by atoms with Crippen LogP contribution in [0.15, 0.2) is 59.0 Å². The minimum Gasteiger partial charge on any atom is -0.465 e. The second-order valence-electron chi connectivity index (χ2n) is 11.2. The summed E-state index contributed by atoms with van der Waals surface area (Å²) in [7, 11) is -0.857. The number of rotatable bonds is 14. The highest BCUT2D eigenvalue weighted by Crippen LogP contribution is 2.48. The summed E-state index contributed by atoms with van der Waals surface area (Å²) in [5, 5.41) is 3.21. The third-order valence-corrected chi connectivity index (χ3v) is 9.04. The minimum atomic E-state index is -3.72. The van der Waals surface area contributed by atoms with Crippen molar-refractivity contribution >= 4 is 38.6 Å². The van der Waals surface area contributed by atoms with Crippen molar-refractivity contribution in [2.45, 2.75) is 32.3 Å². The Hall–Kier alpha value is -4.26. The number of nitrogens with one attached hydrogen (secondary N) is 1. The fourth-order valence-electron chi connectivity index (χ4n) is 5.42. The predicted molar refractivity (Wildman–Crippen MR) is 172 cm³/mol. The summed E-state index contributed by atoms with van der Waals surface area (Å²) < 4.78 is 63.5. The van der Waals surface area contributed by atoms with Crippen LogP contribution in [0.25, 0.3) is 22.3 Å². The van der Waals surface area contributed by atoms with E-state index < -0.39 is 21.8 Å². The van der Waals surface area contributed by atoms with E-state index in [0.29, 0.717) is 40.0 Å². The Morgan fingerprint density at radius 2 is 1.74 bits per heavy atom. The van der Waals surface area contributed by atoms with Gasteiger partial charge in [0, 0.05) is 24.1 Å². The van der Waals surface area contributed by atoms with E-state index in [4.69, 9.17) is 18.6 Å². The topological polar surface area (TPSA) is 124 Å². The van der Waals surface area contributed by atoms with Crippen LogP contribution in [0, 0.1) is 12.7 Å². The maximum atomic E-state index is 13.6. The van der Waals surface area contributed by atoms with Gasteiger partial charge in [0.15, 0.2) is 0 Å². The van der Waals surface area contributed by atoms with Crippen LogP contribution in [0.2, 0.25) is 0 Å². The molecule has 1 amide bonds.